The van der Waals surface area contributed by atoms with Crippen LogP contribution in [0.5, 0.6) is 0 Å². The van der Waals surface area contributed by atoms with Gasteiger partial charge in [0.2, 0.25) is 0 Å². The summed E-state index contributed by atoms with van der Waals surface area (Å²) in [5.41, 5.74) is 0.488. The Labute approximate surface area is 117 Å². The molecule has 3 nitrogen and oxygen atoms in total. The lowest BCUT2D eigenvalue weighted by atomic mass is 10.1. The zero-order valence-electron chi connectivity index (χ0n) is 10.3. The average molecular weight is 288 g/mol. The van der Waals surface area contributed by atoms with Gasteiger partial charge in [-0.2, -0.15) is 0 Å². The highest BCUT2D eigenvalue weighted by Crippen LogP contribution is 2.24. The lowest BCUT2D eigenvalue weighted by molar-refractivity contribution is -0.0387. The van der Waals surface area contributed by atoms with Crippen LogP contribution in [-0.2, 0) is 4.74 Å². The van der Waals surface area contributed by atoms with Crippen LogP contribution in [0.4, 0.5) is 0 Å². The highest BCUT2D eigenvalue weighted by Gasteiger charge is 2.29. The molecule has 5 heteroatoms. The van der Waals surface area contributed by atoms with E-state index >= 15 is 0 Å². The number of hydrogen-bond acceptors (Lipinski definition) is 2. The van der Waals surface area contributed by atoms with Crippen molar-refractivity contribution in [3.05, 3.63) is 33.8 Å². The lowest BCUT2D eigenvalue weighted by Crippen LogP contribution is -2.50. The molecule has 0 saturated carbocycles. The van der Waals surface area contributed by atoms with Crippen molar-refractivity contribution in [2.24, 2.45) is 0 Å². The maximum Gasteiger partial charge on any atom is 0.255 e. The maximum atomic E-state index is 12.4. The minimum absolute atomic E-state index is 0.0521. The molecule has 0 N–H and O–H groups in total. The number of hydrogen-bond donors (Lipinski definition) is 0. The third kappa shape index (κ3) is 2.79. The maximum absolute atomic E-state index is 12.4. The third-order valence-electron chi connectivity index (χ3n) is 3.03. The summed E-state index contributed by atoms with van der Waals surface area (Å²) in [6.45, 7) is 5.06. The summed E-state index contributed by atoms with van der Waals surface area (Å²) >= 11 is 11.9. The third-order valence-corrected chi connectivity index (χ3v) is 3.58. The summed E-state index contributed by atoms with van der Waals surface area (Å²) in [5, 5.41) is 0.916. The van der Waals surface area contributed by atoms with Crippen molar-refractivity contribution in [2.75, 3.05) is 13.2 Å². The summed E-state index contributed by atoms with van der Waals surface area (Å²) in [4.78, 5) is 14.2. The molecule has 0 aliphatic carbocycles. The van der Waals surface area contributed by atoms with E-state index in [1.165, 1.54) is 0 Å². The Kier molecular flexibility index (Phi) is 4.15. The van der Waals surface area contributed by atoms with Crippen molar-refractivity contribution in [3.8, 4) is 0 Å². The summed E-state index contributed by atoms with van der Waals surface area (Å²) < 4.78 is 5.51. The molecule has 1 fully saturated rings. The van der Waals surface area contributed by atoms with Gasteiger partial charge in [-0.1, -0.05) is 23.2 Å². The molecule has 1 heterocycles. The molecule has 0 unspecified atom stereocenters. The van der Waals surface area contributed by atoms with Crippen molar-refractivity contribution < 1.29 is 9.53 Å². The van der Waals surface area contributed by atoms with Crippen LogP contribution in [0.3, 0.4) is 0 Å². The Morgan fingerprint density at radius 2 is 2.11 bits per heavy atom. The highest BCUT2D eigenvalue weighted by molar-refractivity contribution is 6.36. The SMILES string of the molecule is C[C@@H]1CN(C(=O)c2ccc(Cl)cc2Cl)[C@@H](C)CO1. The molecule has 2 rings (SSSR count). The summed E-state index contributed by atoms with van der Waals surface area (Å²) in [6.07, 6.45) is 0.0521. The van der Waals surface area contributed by atoms with E-state index < -0.39 is 0 Å². The zero-order chi connectivity index (χ0) is 13.3. The van der Waals surface area contributed by atoms with E-state index in [1.54, 1.807) is 23.1 Å². The molecule has 18 heavy (non-hydrogen) atoms. The van der Waals surface area contributed by atoms with Crippen LogP contribution in [-0.4, -0.2) is 36.1 Å². The Morgan fingerprint density at radius 1 is 1.39 bits per heavy atom. The van der Waals surface area contributed by atoms with Crippen LogP contribution in [0, 0.1) is 0 Å². The Hall–Kier alpha value is -0.770. The molecule has 1 aromatic carbocycles. The van der Waals surface area contributed by atoms with Gasteiger partial charge >= 0.3 is 0 Å². The average Bonchev–Trinajstić information content (AvgIpc) is 2.31. The zero-order valence-corrected chi connectivity index (χ0v) is 11.8. The number of carbonyl (C=O) groups excluding carboxylic acids is 1. The van der Waals surface area contributed by atoms with Gasteiger partial charge in [0.25, 0.3) is 5.91 Å². The molecular weight excluding hydrogens is 273 g/mol. The summed E-state index contributed by atoms with van der Waals surface area (Å²) in [5.74, 6) is -0.0701. The molecular formula is C13H15Cl2NO2. The van der Waals surface area contributed by atoms with Gasteiger partial charge in [0.15, 0.2) is 0 Å². The van der Waals surface area contributed by atoms with E-state index in [1.807, 2.05) is 13.8 Å². The van der Waals surface area contributed by atoms with Crippen LogP contribution in [0.25, 0.3) is 0 Å². The molecule has 98 valence electrons. The second-order valence-corrected chi connectivity index (χ2v) is 5.42. The number of amides is 1. The van der Waals surface area contributed by atoms with Gasteiger partial charge in [-0.3, -0.25) is 4.79 Å². The molecule has 0 bridgehead atoms. The fourth-order valence-electron chi connectivity index (χ4n) is 2.00. The number of halogens is 2. The van der Waals surface area contributed by atoms with Crippen LogP contribution >= 0.6 is 23.2 Å². The molecule has 0 spiro atoms. The smallest absolute Gasteiger partial charge is 0.255 e. The fourth-order valence-corrected chi connectivity index (χ4v) is 2.49. The van der Waals surface area contributed by atoms with Crippen molar-refractivity contribution in [1.29, 1.82) is 0 Å². The van der Waals surface area contributed by atoms with E-state index in [0.29, 0.717) is 28.8 Å². The van der Waals surface area contributed by atoms with Crippen molar-refractivity contribution >= 4 is 29.1 Å². The molecule has 2 atom stereocenters. The van der Waals surface area contributed by atoms with Gasteiger partial charge in [-0.15, -0.1) is 0 Å². The molecule has 1 aliphatic heterocycles. The minimum Gasteiger partial charge on any atom is -0.375 e. The molecule has 0 aromatic heterocycles. The topological polar surface area (TPSA) is 29.5 Å². The van der Waals surface area contributed by atoms with E-state index in [0.717, 1.165) is 0 Å². The summed E-state index contributed by atoms with van der Waals surface area (Å²) in [6, 6.07) is 4.99. The largest absolute Gasteiger partial charge is 0.375 e. The number of benzene rings is 1. The monoisotopic (exact) mass is 287 g/mol. The number of carbonyl (C=O) groups is 1. The Bertz CT molecular complexity index is 464. The van der Waals surface area contributed by atoms with Gasteiger partial charge in [0.05, 0.1) is 29.3 Å². The first-order valence-electron chi connectivity index (χ1n) is 5.86. The quantitative estimate of drug-likeness (QED) is 0.794. The van der Waals surface area contributed by atoms with Crippen molar-refractivity contribution in [2.45, 2.75) is 26.0 Å². The van der Waals surface area contributed by atoms with Crippen LogP contribution in [0.15, 0.2) is 18.2 Å². The number of rotatable bonds is 1. The molecule has 1 amide bonds. The molecule has 1 aromatic rings. The van der Waals surface area contributed by atoms with Gasteiger partial charge < -0.3 is 9.64 Å². The first kappa shape index (κ1) is 13.7. The van der Waals surface area contributed by atoms with E-state index in [4.69, 9.17) is 27.9 Å². The second kappa shape index (κ2) is 5.47. The first-order chi connectivity index (χ1) is 8.49. The number of morpholine rings is 1. The van der Waals surface area contributed by atoms with E-state index in [2.05, 4.69) is 0 Å². The van der Waals surface area contributed by atoms with E-state index in [9.17, 15) is 4.79 Å². The lowest BCUT2D eigenvalue weighted by Gasteiger charge is -2.37. The predicted octanol–water partition coefficient (Wildman–Crippen LogP) is 3.24. The second-order valence-electron chi connectivity index (χ2n) is 4.57. The molecule has 1 saturated heterocycles. The van der Waals surface area contributed by atoms with Gasteiger partial charge in [0, 0.05) is 11.6 Å². The van der Waals surface area contributed by atoms with Crippen LogP contribution in [0.1, 0.15) is 24.2 Å². The Morgan fingerprint density at radius 3 is 2.78 bits per heavy atom. The van der Waals surface area contributed by atoms with Crippen LogP contribution < -0.4 is 0 Å². The normalized spacial score (nSPS) is 24.1. The predicted molar refractivity (Wildman–Crippen MR) is 72.4 cm³/mol. The number of ether oxygens (including phenoxy) is 1. The van der Waals surface area contributed by atoms with Crippen LogP contribution in [0.2, 0.25) is 10.0 Å². The van der Waals surface area contributed by atoms with E-state index in [-0.39, 0.29) is 18.1 Å². The fraction of sp³-hybridized carbons (Fsp3) is 0.462. The van der Waals surface area contributed by atoms with Gasteiger partial charge in [-0.05, 0) is 32.0 Å². The molecule has 0 radical (unpaired) electrons. The first-order valence-corrected chi connectivity index (χ1v) is 6.62. The Balaban J connectivity index is 2.24. The number of nitrogens with zero attached hydrogens (tertiary/aromatic N) is 1. The highest BCUT2D eigenvalue weighted by atomic mass is 35.5. The standard InChI is InChI=1S/C13H15Cl2NO2/c1-8-7-18-9(2)6-16(8)13(17)11-4-3-10(14)5-12(11)15/h3-5,8-9H,6-7H2,1-2H3/t8-,9+/m0/s1. The van der Waals surface area contributed by atoms with Crippen molar-refractivity contribution in [3.63, 3.8) is 0 Å². The van der Waals surface area contributed by atoms with Gasteiger partial charge in [0.1, 0.15) is 0 Å². The minimum atomic E-state index is -0.0701. The van der Waals surface area contributed by atoms with Crippen molar-refractivity contribution in [1.82, 2.24) is 4.90 Å². The van der Waals surface area contributed by atoms with Gasteiger partial charge in [-0.25, -0.2) is 0 Å². The molecule has 1 aliphatic rings. The summed E-state index contributed by atoms with van der Waals surface area (Å²) in [7, 11) is 0.